The van der Waals surface area contributed by atoms with Crippen LogP contribution in [0.1, 0.15) is 18.2 Å². The molecule has 160 valence electrons. The fourth-order valence-electron chi connectivity index (χ4n) is 4.06. The van der Waals surface area contributed by atoms with E-state index in [1.807, 2.05) is 12.1 Å². The van der Waals surface area contributed by atoms with Crippen LogP contribution in [0.25, 0.3) is 21.9 Å². The van der Waals surface area contributed by atoms with Gasteiger partial charge < -0.3 is 31.0 Å². The van der Waals surface area contributed by atoms with Crippen molar-refractivity contribution in [2.75, 3.05) is 11.5 Å². The Morgan fingerprint density at radius 1 is 1.06 bits per heavy atom. The molecule has 1 unspecified atom stereocenters. The molecule has 1 fully saturated rings. The van der Waals surface area contributed by atoms with Gasteiger partial charge in [0, 0.05) is 11.6 Å². The van der Waals surface area contributed by atoms with Crippen LogP contribution in [-0.2, 0) is 11.2 Å². The summed E-state index contributed by atoms with van der Waals surface area (Å²) in [6.07, 6.45) is 0.506. The third-order valence-electron chi connectivity index (χ3n) is 5.73. The van der Waals surface area contributed by atoms with Gasteiger partial charge in [0.15, 0.2) is 17.9 Å². The van der Waals surface area contributed by atoms with E-state index >= 15 is 0 Å². The molecule has 4 atom stereocenters. The number of nitrogens with zero attached hydrogens (tertiary/aromatic N) is 4. The highest BCUT2D eigenvalue weighted by Gasteiger charge is 2.43. The van der Waals surface area contributed by atoms with Crippen LogP contribution in [0.3, 0.4) is 0 Å². The van der Waals surface area contributed by atoms with Crippen molar-refractivity contribution < 1.29 is 19.3 Å². The molecular formula is C21H21FN6O3. The highest BCUT2D eigenvalue weighted by molar-refractivity contribution is 5.86. The zero-order valence-electron chi connectivity index (χ0n) is 16.4. The first-order chi connectivity index (χ1) is 14.9. The van der Waals surface area contributed by atoms with Crippen molar-refractivity contribution in [2.45, 2.75) is 37.4 Å². The molecule has 9 nitrogen and oxygen atoms in total. The molecule has 3 aromatic heterocycles. The van der Waals surface area contributed by atoms with Gasteiger partial charge in [-0.2, -0.15) is 0 Å². The number of nitrogen functional groups attached to an aromatic ring is 2. The number of rotatable bonds is 4. The van der Waals surface area contributed by atoms with Gasteiger partial charge in [0.2, 0.25) is 0 Å². The van der Waals surface area contributed by atoms with E-state index in [2.05, 4.69) is 15.0 Å². The Bertz CT molecular complexity index is 1280. The summed E-state index contributed by atoms with van der Waals surface area (Å²) in [4.78, 5) is 12.3. The largest absolute Gasteiger partial charge is 0.388 e. The van der Waals surface area contributed by atoms with E-state index < -0.39 is 30.4 Å². The lowest BCUT2D eigenvalue weighted by Gasteiger charge is -2.17. The summed E-state index contributed by atoms with van der Waals surface area (Å²) in [7, 11) is 0. The number of halogens is 1. The second-order valence-corrected chi connectivity index (χ2v) is 7.69. The number of aliphatic hydroxyl groups excluding tert-OH is 2. The van der Waals surface area contributed by atoms with Gasteiger partial charge in [-0.15, -0.1) is 0 Å². The number of aryl methyl sites for hydroxylation is 1. The average Bonchev–Trinajstić information content (AvgIpc) is 3.30. The summed E-state index contributed by atoms with van der Waals surface area (Å²) in [6.45, 7) is 0. The van der Waals surface area contributed by atoms with Crippen LogP contribution in [0.5, 0.6) is 0 Å². The number of ether oxygens (including phenoxy) is 1. The summed E-state index contributed by atoms with van der Waals surface area (Å²) >= 11 is 0. The quantitative estimate of drug-likeness (QED) is 0.386. The molecule has 0 radical (unpaired) electrons. The topological polar surface area (TPSA) is 145 Å². The number of aliphatic hydroxyl groups is 2. The van der Waals surface area contributed by atoms with Crippen LogP contribution in [0.15, 0.2) is 42.9 Å². The van der Waals surface area contributed by atoms with Crippen LogP contribution in [-0.4, -0.2) is 48.0 Å². The molecule has 6 N–H and O–H groups in total. The standard InChI is InChI=1S/C21H21FN6O3/c22-13-8-11-3-1-10(7-14(11)27-19(13)24)2-4-15-16(29)17(30)21(31-15)28-6-5-12-18(23)25-9-26-20(12)28/h1,3,5-9,15-17,21,29-30H,2,4H2,(H2,24,27)(H2,23,25,26)/t15-,16-,17-,21?/m1/s1. The van der Waals surface area contributed by atoms with E-state index in [0.29, 0.717) is 40.6 Å². The molecular weight excluding hydrogens is 403 g/mol. The minimum absolute atomic E-state index is 0.145. The Balaban J connectivity index is 1.34. The Kier molecular flexibility index (Phi) is 4.69. The van der Waals surface area contributed by atoms with E-state index in [9.17, 15) is 14.6 Å². The van der Waals surface area contributed by atoms with Crippen molar-refractivity contribution in [3.05, 3.63) is 54.2 Å². The maximum Gasteiger partial charge on any atom is 0.165 e. The van der Waals surface area contributed by atoms with E-state index in [0.717, 1.165) is 5.56 Å². The third-order valence-corrected chi connectivity index (χ3v) is 5.73. The molecule has 1 aliphatic rings. The van der Waals surface area contributed by atoms with Crippen molar-refractivity contribution >= 4 is 33.6 Å². The summed E-state index contributed by atoms with van der Waals surface area (Å²) in [6, 6.07) is 8.58. The zero-order valence-corrected chi connectivity index (χ0v) is 16.4. The van der Waals surface area contributed by atoms with E-state index in [1.165, 1.54) is 12.4 Å². The number of nitrogens with two attached hydrogens (primary N) is 2. The van der Waals surface area contributed by atoms with Gasteiger partial charge in [-0.25, -0.2) is 19.3 Å². The SMILES string of the molecule is Nc1nc2cc(CC[C@H]3OC(n4ccc5c(N)ncnc54)[C@H](O)[C@@H]3O)ccc2cc1F. The third kappa shape index (κ3) is 3.34. The first kappa shape index (κ1) is 19.6. The molecule has 31 heavy (non-hydrogen) atoms. The number of benzene rings is 1. The Hall–Kier alpha value is -3.34. The summed E-state index contributed by atoms with van der Waals surface area (Å²) in [5.74, 6) is -0.361. The van der Waals surface area contributed by atoms with Crippen LogP contribution >= 0.6 is 0 Å². The summed E-state index contributed by atoms with van der Waals surface area (Å²) < 4.78 is 21.2. The predicted molar refractivity (Wildman–Crippen MR) is 112 cm³/mol. The first-order valence-electron chi connectivity index (χ1n) is 9.85. The lowest BCUT2D eigenvalue weighted by Crippen LogP contribution is -2.31. The van der Waals surface area contributed by atoms with Gasteiger partial charge >= 0.3 is 0 Å². The number of anilines is 2. The molecule has 0 spiro atoms. The van der Waals surface area contributed by atoms with Crippen molar-refractivity contribution in [2.24, 2.45) is 0 Å². The van der Waals surface area contributed by atoms with Gasteiger partial charge in [0.25, 0.3) is 0 Å². The minimum Gasteiger partial charge on any atom is -0.388 e. The molecule has 1 aliphatic heterocycles. The van der Waals surface area contributed by atoms with Gasteiger partial charge in [-0.3, -0.25) is 0 Å². The fourth-order valence-corrected chi connectivity index (χ4v) is 4.06. The molecule has 0 bridgehead atoms. The van der Waals surface area contributed by atoms with Crippen LogP contribution in [0.2, 0.25) is 0 Å². The van der Waals surface area contributed by atoms with Crippen LogP contribution < -0.4 is 11.5 Å². The maximum atomic E-state index is 13.6. The normalized spacial score (nSPS) is 23.7. The summed E-state index contributed by atoms with van der Waals surface area (Å²) in [5.41, 5.74) is 13.5. The van der Waals surface area contributed by atoms with Crippen LogP contribution in [0, 0.1) is 5.82 Å². The zero-order chi connectivity index (χ0) is 21.7. The lowest BCUT2D eigenvalue weighted by atomic mass is 10.0. The second kappa shape index (κ2) is 7.41. The predicted octanol–water partition coefficient (Wildman–Crippen LogP) is 1.53. The first-order valence-corrected chi connectivity index (χ1v) is 9.85. The molecule has 0 saturated carbocycles. The van der Waals surface area contributed by atoms with Gasteiger partial charge in [-0.1, -0.05) is 12.1 Å². The Morgan fingerprint density at radius 2 is 1.90 bits per heavy atom. The molecule has 0 aliphatic carbocycles. The van der Waals surface area contributed by atoms with E-state index in [1.54, 1.807) is 22.9 Å². The Labute approximate surface area is 176 Å². The second-order valence-electron chi connectivity index (χ2n) is 7.69. The number of hydrogen-bond donors (Lipinski definition) is 4. The van der Waals surface area contributed by atoms with Gasteiger partial charge in [0.05, 0.1) is 17.0 Å². The van der Waals surface area contributed by atoms with Crippen molar-refractivity contribution in [3.63, 3.8) is 0 Å². The number of aromatic nitrogens is 4. The maximum absolute atomic E-state index is 13.6. The number of hydrogen-bond acceptors (Lipinski definition) is 8. The van der Waals surface area contributed by atoms with Crippen molar-refractivity contribution in [1.29, 1.82) is 0 Å². The molecule has 4 heterocycles. The van der Waals surface area contributed by atoms with Crippen molar-refractivity contribution in [1.82, 2.24) is 19.5 Å². The molecule has 1 saturated heterocycles. The molecule has 4 aromatic rings. The minimum atomic E-state index is -1.13. The van der Waals surface area contributed by atoms with E-state index in [-0.39, 0.29) is 5.82 Å². The monoisotopic (exact) mass is 424 g/mol. The molecule has 10 heteroatoms. The fraction of sp³-hybridized carbons (Fsp3) is 0.286. The Morgan fingerprint density at radius 3 is 2.74 bits per heavy atom. The molecule has 0 amide bonds. The molecule has 1 aromatic carbocycles. The average molecular weight is 424 g/mol. The van der Waals surface area contributed by atoms with E-state index in [4.69, 9.17) is 16.2 Å². The smallest absolute Gasteiger partial charge is 0.165 e. The number of fused-ring (bicyclic) bond motifs is 2. The molecule has 5 rings (SSSR count). The highest BCUT2D eigenvalue weighted by atomic mass is 19.1. The lowest BCUT2D eigenvalue weighted by molar-refractivity contribution is -0.0364. The highest BCUT2D eigenvalue weighted by Crippen LogP contribution is 2.34. The van der Waals surface area contributed by atoms with Crippen molar-refractivity contribution in [3.8, 4) is 0 Å². The van der Waals surface area contributed by atoms with Gasteiger partial charge in [0.1, 0.15) is 30.0 Å². The van der Waals surface area contributed by atoms with Crippen LogP contribution in [0.4, 0.5) is 16.0 Å². The number of pyridine rings is 1. The van der Waals surface area contributed by atoms with Gasteiger partial charge in [-0.05, 0) is 36.6 Å². The summed E-state index contributed by atoms with van der Waals surface area (Å²) in [5, 5.41) is 22.5.